The van der Waals surface area contributed by atoms with Gasteiger partial charge in [0.25, 0.3) is 5.91 Å². The summed E-state index contributed by atoms with van der Waals surface area (Å²) in [6.45, 7) is 0. The van der Waals surface area contributed by atoms with Crippen LogP contribution in [0.4, 0.5) is 0 Å². The van der Waals surface area contributed by atoms with Crippen molar-refractivity contribution < 1.29 is 18.6 Å². The molecule has 5 nitrogen and oxygen atoms in total. The zero-order valence-corrected chi connectivity index (χ0v) is 11.0. The van der Waals surface area contributed by atoms with Crippen LogP contribution < -0.4 is 5.32 Å². The largest absolute Gasteiger partial charge is 0.360 e. The summed E-state index contributed by atoms with van der Waals surface area (Å²) in [7, 11) is 5.86. The van der Waals surface area contributed by atoms with Crippen LogP contribution in [0.3, 0.4) is 0 Å². The van der Waals surface area contributed by atoms with E-state index in [0.717, 1.165) is 11.4 Å². The van der Waals surface area contributed by atoms with E-state index in [0.29, 0.717) is 0 Å². The molecule has 0 bridgehead atoms. The van der Waals surface area contributed by atoms with E-state index < -0.39 is 11.1 Å². The van der Waals surface area contributed by atoms with Crippen molar-refractivity contribution in [2.45, 2.75) is 5.44 Å². The van der Waals surface area contributed by atoms with Crippen molar-refractivity contribution in [3.8, 4) is 0 Å². The Morgan fingerprint density at radius 2 is 1.93 bits per heavy atom. The number of methoxy groups -OCH3 is 1. The number of ether oxygens (including phenoxy) is 1. The highest BCUT2D eigenvalue weighted by molar-refractivity contribution is 8.68. The topological polar surface area (TPSA) is 56.8 Å². The molecule has 0 unspecified atom stereocenters. The van der Waals surface area contributed by atoms with Gasteiger partial charge in [-0.05, 0) is 23.2 Å². The Morgan fingerprint density at radius 1 is 1.43 bits per heavy atom. The standard InChI is InChI=1S/C6H14NO4PS2/c1-7-5(8)6(9-2)14-12(13,10-3)11-4/h6H,1-4H3,(H,7,8)/t6-/m0/s1. The zero-order chi connectivity index (χ0) is 11.2. The van der Waals surface area contributed by atoms with Gasteiger partial charge < -0.3 is 19.1 Å². The molecular formula is C6H14NO4PS2. The van der Waals surface area contributed by atoms with Gasteiger partial charge in [0.15, 0.2) is 5.44 Å². The number of likely N-dealkylation sites (N-methyl/N-ethyl adjacent to an activating group) is 1. The fourth-order valence-electron chi connectivity index (χ4n) is 0.594. The Bertz CT molecular complexity index is 230. The van der Waals surface area contributed by atoms with Crippen LogP contribution in [-0.2, 0) is 30.4 Å². The smallest absolute Gasteiger partial charge is 0.259 e. The van der Waals surface area contributed by atoms with E-state index in [1.165, 1.54) is 28.4 Å². The summed E-state index contributed by atoms with van der Waals surface area (Å²) in [6.07, 6.45) is 0. The number of hydrogen-bond donors (Lipinski definition) is 1. The molecule has 0 aromatic carbocycles. The van der Waals surface area contributed by atoms with Crippen molar-refractivity contribution in [3.63, 3.8) is 0 Å². The monoisotopic (exact) mass is 259 g/mol. The van der Waals surface area contributed by atoms with Crippen LogP contribution in [0.5, 0.6) is 0 Å². The van der Waals surface area contributed by atoms with Gasteiger partial charge in [0.2, 0.25) is 5.69 Å². The fraction of sp³-hybridized carbons (Fsp3) is 0.833. The summed E-state index contributed by atoms with van der Waals surface area (Å²) in [4.78, 5) is 11.3. The lowest BCUT2D eigenvalue weighted by atomic mass is 10.6. The molecule has 0 rings (SSSR count). The van der Waals surface area contributed by atoms with Gasteiger partial charge in [-0.3, -0.25) is 4.79 Å². The maximum atomic E-state index is 11.3. The average molecular weight is 259 g/mol. The highest BCUT2D eigenvalue weighted by atomic mass is 32.9. The number of rotatable bonds is 6. The number of hydrogen-bond acceptors (Lipinski definition) is 6. The van der Waals surface area contributed by atoms with Gasteiger partial charge >= 0.3 is 0 Å². The van der Waals surface area contributed by atoms with Crippen LogP contribution in [0.1, 0.15) is 0 Å². The molecule has 0 aliphatic heterocycles. The van der Waals surface area contributed by atoms with Gasteiger partial charge in [0.05, 0.1) is 0 Å². The predicted molar refractivity (Wildman–Crippen MR) is 60.8 cm³/mol. The summed E-state index contributed by atoms with van der Waals surface area (Å²) in [6, 6.07) is 0. The van der Waals surface area contributed by atoms with Crippen molar-refractivity contribution in [1.29, 1.82) is 0 Å². The fourth-order valence-corrected chi connectivity index (χ4v) is 3.92. The SMILES string of the molecule is CNC(=O)[C@@H](OC)SP(=S)(OC)OC. The first-order chi connectivity index (χ1) is 6.52. The average Bonchev–Trinajstić information content (AvgIpc) is 2.24. The van der Waals surface area contributed by atoms with Crippen molar-refractivity contribution >= 4 is 34.8 Å². The van der Waals surface area contributed by atoms with Crippen LogP contribution >= 0.6 is 17.1 Å². The first-order valence-electron chi connectivity index (χ1n) is 3.67. The van der Waals surface area contributed by atoms with Crippen molar-refractivity contribution in [2.24, 2.45) is 0 Å². The molecular weight excluding hydrogens is 245 g/mol. The molecule has 0 aliphatic rings. The Morgan fingerprint density at radius 3 is 2.21 bits per heavy atom. The van der Waals surface area contributed by atoms with E-state index in [1.807, 2.05) is 0 Å². The normalized spacial score (nSPS) is 13.7. The Hall–Kier alpha value is 0.350. The second kappa shape index (κ2) is 6.76. The van der Waals surface area contributed by atoms with E-state index in [1.54, 1.807) is 0 Å². The second-order valence-corrected chi connectivity index (χ2v) is 8.57. The minimum absolute atomic E-state index is 0.263. The molecule has 1 amide bonds. The van der Waals surface area contributed by atoms with Crippen molar-refractivity contribution in [1.82, 2.24) is 5.32 Å². The minimum Gasteiger partial charge on any atom is -0.360 e. The first kappa shape index (κ1) is 14.3. The molecule has 0 radical (unpaired) electrons. The molecule has 0 aromatic rings. The van der Waals surface area contributed by atoms with Gasteiger partial charge in [-0.25, -0.2) is 0 Å². The molecule has 0 spiro atoms. The van der Waals surface area contributed by atoms with Gasteiger partial charge in [0, 0.05) is 28.4 Å². The van der Waals surface area contributed by atoms with Crippen LogP contribution in [0.25, 0.3) is 0 Å². The van der Waals surface area contributed by atoms with Gasteiger partial charge in [-0.2, -0.15) is 0 Å². The summed E-state index contributed by atoms with van der Waals surface area (Å²) >= 11 is 6.16. The highest BCUT2D eigenvalue weighted by Crippen LogP contribution is 2.61. The molecule has 0 aliphatic carbocycles. The van der Waals surface area contributed by atoms with Gasteiger partial charge in [0.1, 0.15) is 0 Å². The predicted octanol–water partition coefficient (Wildman–Crippen LogP) is 0.955. The van der Waals surface area contributed by atoms with Crippen LogP contribution in [-0.4, -0.2) is 39.7 Å². The summed E-state index contributed by atoms with van der Waals surface area (Å²) in [5.74, 6) is -0.263. The maximum Gasteiger partial charge on any atom is 0.259 e. The van der Waals surface area contributed by atoms with Crippen LogP contribution in [0, 0.1) is 0 Å². The Labute approximate surface area is 92.8 Å². The lowest BCUT2D eigenvalue weighted by molar-refractivity contribution is -0.125. The van der Waals surface area contributed by atoms with Crippen LogP contribution in [0.15, 0.2) is 0 Å². The van der Waals surface area contributed by atoms with Gasteiger partial charge in [-0.15, -0.1) is 0 Å². The van der Waals surface area contributed by atoms with E-state index in [4.69, 9.17) is 25.6 Å². The minimum atomic E-state index is -2.46. The van der Waals surface area contributed by atoms with Crippen molar-refractivity contribution in [2.75, 3.05) is 28.4 Å². The molecule has 8 heteroatoms. The van der Waals surface area contributed by atoms with E-state index in [9.17, 15) is 4.79 Å². The molecule has 0 saturated heterocycles. The molecule has 14 heavy (non-hydrogen) atoms. The van der Waals surface area contributed by atoms with E-state index >= 15 is 0 Å². The molecule has 0 heterocycles. The lowest BCUT2D eigenvalue weighted by Gasteiger charge is -2.21. The zero-order valence-electron chi connectivity index (χ0n) is 8.47. The van der Waals surface area contributed by atoms with E-state index in [2.05, 4.69) is 5.32 Å². The molecule has 0 aromatic heterocycles. The number of amides is 1. The molecule has 0 fully saturated rings. The Kier molecular flexibility index (Phi) is 6.93. The molecule has 0 saturated carbocycles. The van der Waals surface area contributed by atoms with Crippen LogP contribution in [0.2, 0.25) is 0 Å². The Balaban J connectivity index is 4.44. The molecule has 1 N–H and O–H groups in total. The second-order valence-electron chi connectivity index (χ2n) is 2.10. The summed E-state index contributed by atoms with van der Waals surface area (Å²) in [5.41, 5.74) is -3.16. The summed E-state index contributed by atoms with van der Waals surface area (Å²) < 4.78 is 15.0. The summed E-state index contributed by atoms with van der Waals surface area (Å²) in [5, 5.41) is 2.46. The number of nitrogens with one attached hydrogen (secondary N) is 1. The lowest BCUT2D eigenvalue weighted by Crippen LogP contribution is -2.30. The van der Waals surface area contributed by atoms with Crippen molar-refractivity contribution in [3.05, 3.63) is 0 Å². The maximum absolute atomic E-state index is 11.3. The number of carbonyl (C=O) groups is 1. The highest BCUT2D eigenvalue weighted by Gasteiger charge is 2.27. The third kappa shape index (κ3) is 4.25. The first-order valence-corrected chi connectivity index (χ1v) is 7.79. The van der Waals surface area contributed by atoms with Gasteiger partial charge in [-0.1, -0.05) is 0 Å². The third-order valence-electron chi connectivity index (χ3n) is 1.35. The quantitative estimate of drug-likeness (QED) is 0.566. The number of carbonyl (C=O) groups excluding carboxylic acids is 1. The van der Waals surface area contributed by atoms with E-state index in [-0.39, 0.29) is 5.91 Å². The molecule has 1 atom stereocenters. The third-order valence-corrected chi connectivity index (χ3v) is 7.01. The molecule has 84 valence electrons.